The first kappa shape index (κ1) is 14.0. The van der Waals surface area contributed by atoms with Crippen LogP contribution in [0.3, 0.4) is 0 Å². The van der Waals surface area contributed by atoms with E-state index >= 15 is 0 Å². The number of amides is 1. The number of rotatable bonds is 6. The van der Waals surface area contributed by atoms with Gasteiger partial charge in [0, 0.05) is 11.9 Å². The van der Waals surface area contributed by atoms with E-state index < -0.39 is 0 Å². The molecule has 2 nitrogen and oxygen atoms in total. The second kappa shape index (κ2) is 7.28. The van der Waals surface area contributed by atoms with E-state index in [1.807, 2.05) is 6.92 Å². The fourth-order valence-corrected chi connectivity index (χ4v) is 1.56. The Kier molecular flexibility index (Phi) is 5.98. The lowest BCUT2D eigenvalue weighted by molar-refractivity contribution is -0.120. The summed E-state index contributed by atoms with van der Waals surface area (Å²) in [6, 6.07) is 6.30. The van der Waals surface area contributed by atoms with Gasteiger partial charge in [0.1, 0.15) is 5.82 Å². The molecule has 0 saturated carbocycles. The summed E-state index contributed by atoms with van der Waals surface area (Å²) in [5, 5.41) is 2.82. The molecule has 17 heavy (non-hydrogen) atoms. The molecular weight excluding hydrogens is 241 g/mol. The van der Waals surface area contributed by atoms with Crippen LogP contribution in [0, 0.1) is 5.82 Å². The first-order chi connectivity index (χ1) is 8.13. The van der Waals surface area contributed by atoms with E-state index in [0.29, 0.717) is 12.1 Å². The van der Waals surface area contributed by atoms with Crippen molar-refractivity contribution in [3.63, 3.8) is 0 Å². The molecule has 0 bridgehead atoms. The maximum Gasteiger partial charge on any atom is 0.224 e. The van der Waals surface area contributed by atoms with Crippen LogP contribution in [-0.4, -0.2) is 17.8 Å². The SMILES string of the molecule is CCC(Cl)CCNC(=O)Cc1ccccc1F. The molecule has 1 aromatic carbocycles. The molecule has 4 heteroatoms. The van der Waals surface area contributed by atoms with Crippen LogP contribution in [0.5, 0.6) is 0 Å². The fourth-order valence-electron chi connectivity index (χ4n) is 1.45. The van der Waals surface area contributed by atoms with Crippen LogP contribution >= 0.6 is 11.6 Å². The maximum atomic E-state index is 13.3. The summed E-state index contributed by atoms with van der Waals surface area (Å²) in [5.41, 5.74) is 0.419. The number of hydrogen-bond donors (Lipinski definition) is 1. The Morgan fingerprint density at radius 2 is 2.18 bits per heavy atom. The highest BCUT2D eigenvalue weighted by Gasteiger charge is 2.07. The molecule has 1 amide bonds. The normalized spacial score (nSPS) is 12.2. The lowest BCUT2D eigenvalue weighted by Gasteiger charge is -2.08. The largest absolute Gasteiger partial charge is 0.356 e. The number of hydrogen-bond acceptors (Lipinski definition) is 1. The minimum Gasteiger partial charge on any atom is -0.356 e. The molecule has 0 heterocycles. The van der Waals surface area contributed by atoms with Gasteiger partial charge in [-0.15, -0.1) is 11.6 Å². The molecule has 0 saturated heterocycles. The molecule has 0 spiro atoms. The standard InChI is InChI=1S/C13H17ClFNO/c1-2-11(14)7-8-16-13(17)9-10-5-3-4-6-12(10)15/h3-6,11H,2,7-9H2,1H3,(H,16,17). The Hall–Kier alpha value is -1.09. The molecule has 1 unspecified atom stereocenters. The number of alkyl halides is 1. The molecule has 0 radical (unpaired) electrons. The van der Waals surface area contributed by atoms with Crippen molar-refractivity contribution in [3.8, 4) is 0 Å². The van der Waals surface area contributed by atoms with Crippen molar-refractivity contribution in [3.05, 3.63) is 35.6 Å². The van der Waals surface area contributed by atoms with Crippen molar-refractivity contribution in [1.82, 2.24) is 5.32 Å². The van der Waals surface area contributed by atoms with E-state index in [2.05, 4.69) is 5.32 Å². The van der Waals surface area contributed by atoms with Crippen LogP contribution in [0.15, 0.2) is 24.3 Å². The van der Waals surface area contributed by atoms with E-state index in [-0.39, 0.29) is 23.5 Å². The van der Waals surface area contributed by atoms with Crippen LogP contribution in [0.2, 0.25) is 0 Å². The fraction of sp³-hybridized carbons (Fsp3) is 0.462. The molecule has 0 aromatic heterocycles. The Bertz CT molecular complexity index is 370. The minimum absolute atomic E-state index is 0.0751. The predicted molar refractivity (Wildman–Crippen MR) is 67.7 cm³/mol. The van der Waals surface area contributed by atoms with E-state index in [4.69, 9.17) is 11.6 Å². The Balaban J connectivity index is 2.33. The highest BCUT2D eigenvalue weighted by atomic mass is 35.5. The van der Waals surface area contributed by atoms with Crippen molar-refractivity contribution >= 4 is 17.5 Å². The van der Waals surface area contributed by atoms with Crippen LogP contribution in [-0.2, 0) is 11.2 Å². The Morgan fingerprint density at radius 1 is 1.47 bits per heavy atom. The first-order valence-electron chi connectivity index (χ1n) is 5.77. The number of halogens is 2. The monoisotopic (exact) mass is 257 g/mol. The molecule has 0 aliphatic rings. The predicted octanol–water partition coefficient (Wildman–Crippen LogP) is 2.89. The Labute approximate surface area is 106 Å². The summed E-state index contributed by atoms with van der Waals surface area (Å²) in [6.07, 6.45) is 1.69. The van der Waals surface area contributed by atoms with Gasteiger partial charge in [-0.1, -0.05) is 25.1 Å². The van der Waals surface area contributed by atoms with Gasteiger partial charge in [-0.2, -0.15) is 0 Å². The summed E-state index contributed by atoms with van der Waals surface area (Å²) in [4.78, 5) is 11.5. The van der Waals surface area contributed by atoms with Crippen molar-refractivity contribution in [2.45, 2.75) is 31.6 Å². The highest BCUT2D eigenvalue weighted by molar-refractivity contribution is 6.20. The molecular formula is C13H17ClFNO. The van der Waals surface area contributed by atoms with Gasteiger partial charge in [0.15, 0.2) is 0 Å². The van der Waals surface area contributed by atoms with Gasteiger partial charge in [-0.25, -0.2) is 4.39 Å². The maximum absolute atomic E-state index is 13.3. The van der Waals surface area contributed by atoms with Crippen LogP contribution < -0.4 is 5.32 Å². The summed E-state index contributed by atoms with van der Waals surface area (Å²) in [7, 11) is 0. The minimum atomic E-state index is -0.341. The summed E-state index contributed by atoms with van der Waals surface area (Å²) >= 11 is 5.92. The lowest BCUT2D eigenvalue weighted by Crippen LogP contribution is -2.27. The third-order valence-corrected chi connectivity index (χ3v) is 3.06. The summed E-state index contributed by atoms with van der Waals surface area (Å²) in [6.45, 7) is 2.54. The second-order valence-electron chi connectivity index (χ2n) is 3.91. The van der Waals surface area contributed by atoms with Crippen LogP contribution in [0.25, 0.3) is 0 Å². The van der Waals surface area contributed by atoms with Gasteiger partial charge in [0.25, 0.3) is 0 Å². The third-order valence-electron chi connectivity index (χ3n) is 2.53. The average molecular weight is 258 g/mol. The number of nitrogens with one attached hydrogen (secondary N) is 1. The van der Waals surface area contributed by atoms with Gasteiger partial charge < -0.3 is 5.32 Å². The van der Waals surface area contributed by atoms with E-state index in [0.717, 1.165) is 12.8 Å². The molecule has 0 aliphatic carbocycles. The second-order valence-corrected chi connectivity index (χ2v) is 4.53. The van der Waals surface area contributed by atoms with E-state index in [9.17, 15) is 9.18 Å². The molecule has 1 rings (SSSR count). The quantitative estimate of drug-likeness (QED) is 0.780. The van der Waals surface area contributed by atoms with Gasteiger partial charge in [0.05, 0.1) is 6.42 Å². The lowest BCUT2D eigenvalue weighted by atomic mass is 10.1. The molecule has 0 aliphatic heterocycles. The zero-order valence-corrected chi connectivity index (χ0v) is 10.6. The smallest absolute Gasteiger partial charge is 0.224 e. The van der Waals surface area contributed by atoms with Gasteiger partial charge in [-0.05, 0) is 24.5 Å². The zero-order chi connectivity index (χ0) is 12.7. The van der Waals surface area contributed by atoms with Crippen molar-refractivity contribution < 1.29 is 9.18 Å². The van der Waals surface area contributed by atoms with E-state index in [1.54, 1.807) is 18.2 Å². The molecule has 1 aromatic rings. The van der Waals surface area contributed by atoms with Crippen LogP contribution in [0.4, 0.5) is 4.39 Å². The summed E-state index contributed by atoms with van der Waals surface area (Å²) in [5.74, 6) is -0.513. The molecule has 1 atom stereocenters. The Morgan fingerprint density at radius 3 is 2.82 bits per heavy atom. The van der Waals surface area contributed by atoms with E-state index in [1.165, 1.54) is 6.07 Å². The van der Waals surface area contributed by atoms with Crippen LogP contribution in [0.1, 0.15) is 25.3 Å². The van der Waals surface area contributed by atoms with Gasteiger partial charge in [0.2, 0.25) is 5.91 Å². The topological polar surface area (TPSA) is 29.1 Å². The van der Waals surface area contributed by atoms with Crippen molar-refractivity contribution in [1.29, 1.82) is 0 Å². The number of carbonyl (C=O) groups excluding carboxylic acids is 1. The number of benzene rings is 1. The molecule has 1 N–H and O–H groups in total. The zero-order valence-electron chi connectivity index (χ0n) is 9.88. The molecule has 0 fully saturated rings. The van der Waals surface area contributed by atoms with Gasteiger partial charge in [-0.3, -0.25) is 4.79 Å². The third kappa shape index (κ3) is 5.18. The number of carbonyl (C=O) groups is 1. The first-order valence-corrected chi connectivity index (χ1v) is 6.21. The highest BCUT2D eigenvalue weighted by Crippen LogP contribution is 2.07. The van der Waals surface area contributed by atoms with Crippen molar-refractivity contribution in [2.24, 2.45) is 0 Å². The average Bonchev–Trinajstić information content (AvgIpc) is 2.32. The molecule has 94 valence electrons. The summed E-state index contributed by atoms with van der Waals surface area (Å²) < 4.78 is 13.3. The van der Waals surface area contributed by atoms with Crippen molar-refractivity contribution in [2.75, 3.05) is 6.54 Å². The van der Waals surface area contributed by atoms with Gasteiger partial charge >= 0.3 is 0 Å².